The van der Waals surface area contributed by atoms with Crippen LogP contribution in [0.4, 0.5) is 10.1 Å². The Labute approximate surface area is 191 Å². The van der Waals surface area contributed by atoms with Gasteiger partial charge in [-0.15, -0.1) is 11.3 Å². The Bertz CT molecular complexity index is 1410. The average Bonchev–Trinajstić information content (AvgIpc) is 3.22. The number of nitrogens with zero attached hydrogens (tertiary/aromatic N) is 2. The van der Waals surface area contributed by atoms with Gasteiger partial charge in [0, 0.05) is 11.3 Å². The summed E-state index contributed by atoms with van der Waals surface area (Å²) in [6.07, 6.45) is 0. The van der Waals surface area contributed by atoms with E-state index in [2.05, 4.69) is 10.3 Å². The van der Waals surface area contributed by atoms with Crippen molar-refractivity contribution in [3.63, 3.8) is 0 Å². The van der Waals surface area contributed by atoms with Crippen molar-refractivity contribution >= 4 is 50.7 Å². The van der Waals surface area contributed by atoms with E-state index >= 15 is 0 Å². The SMILES string of the molecule is CC(=O)c1cccc(NC(=O)CSc2nc3ccsc3c(=O)n2-c2ccc(F)cc2C)c1. The second kappa shape index (κ2) is 9.05. The molecule has 1 amide bonds. The van der Waals surface area contributed by atoms with Gasteiger partial charge in [-0.05, 0) is 61.2 Å². The van der Waals surface area contributed by atoms with Crippen LogP contribution in [0.2, 0.25) is 0 Å². The van der Waals surface area contributed by atoms with E-state index in [0.29, 0.717) is 37.9 Å². The fraction of sp³-hybridized carbons (Fsp3) is 0.130. The first-order chi connectivity index (χ1) is 15.3. The molecule has 9 heteroatoms. The van der Waals surface area contributed by atoms with Gasteiger partial charge in [-0.25, -0.2) is 9.37 Å². The molecule has 0 aliphatic carbocycles. The molecule has 2 aromatic heterocycles. The number of ketones is 1. The number of halogens is 1. The maximum atomic E-state index is 13.6. The summed E-state index contributed by atoms with van der Waals surface area (Å²) in [6.45, 7) is 3.17. The van der Waals surface area contributed by atoms with E-state index < -0.39 is 5.82 Å². The highest BCUT2D eigenvalue weighted by atomic mass is 32.2. The smallest absolute Gasteiger partial charge is 0.276 e. The van der Waals surface area contributed by atoms with Crippen molar-refractivity contribution in [3.8, 4) is 5.69 Å². The Morgan fingerprint density at radius 2 is 2.00 bits per heavy atom. The van der Waals surface area contributed by atoms with Gasteiger partial charge in [-0.2, -0.15) is 0 Å². The van der Waals surface area contributed by atoms with Crippen molar-refractivity contribution in [2.75, 3.05) is 11.1 Å². The highest BCUT2D eigenvalue weighted by molar-refractivity contribution is 7.99. The Morgan fingerprint density at radius 3 is 2.75 bits per heavy atom. The fourth-order valence-corrected chi connectivity index (χ4v) is 4.78. The van der Waals surface area contributed by atoms with Gasteiger partial charge in [0.1, 0.15) is 10.5 Å². The molecule has 4 aromatic rings. The standard InChI is InChI=1S/C23H18FN3O3S2/c1-13-10-16(24)6-7-19(13)27-22(30)21-18(8-9-31-21)26-23(27)32-12-20(29)25-17-5-3-4-15(11-17)14(2)28/h3-11H,12H2,1-2H3,(H,25,29). The van der Waals surface area contributed by atoms with E-state index in [0.717, 1.165) is 11.8 Å². The Balaban J connectivity index is 1.64. The molecule has 2 heterocycles. The van der Waals surface area contributed by atoms with E-state index in [9.17, 15) is 18.8 Å². The Hall–Kier alpha value is -3.30. The zero-order chi connectivity index (χ0) is 22.8. The second-order valence-corrected chi connectivity index (χ2v) is 8.93. The number of fused-ring (bicyclic) bond motifs is 1. The number of thioether (sulfide) groups is 1. The summed E-state index contributed by atoms with van der Waals surface area (Å²) in [6, 6.07) is 12.6. The van der Waals surface area contributed by atoms with Gasteiger partial charge in [-0.3, -0.25) is 19.0 Å². The first-order valence-electron chi connectivity index (χ1n) is 9.64. The number of hydrogen-bond acceptors (Lipinski definition) is 6. The minimum atomic E-state index is -0.397. The molecule has 1 N–H and O–H groups in total. The number of benzene rings is 2. The number of carbonyl (C=O) groups is 2. The monoisotopic (exact) mass is 467 g/mol. The van der Waals surface area contributed by atoms with Crippen LogP contribution in [0.25, 0.3) is 15.9 Å². The lowest BCUT2D eigenvalue weighted by atomic mass is 10.1. The zero-order valence-corrected chi connectivity index (χ0v) is 18.8. The predicted octanol–water partition coefficient (Wildman–Crippen LogP) is 4.83. The van der Waals surface area contributed by atoms with Gasteiger partial charge in [0.05, 0.1) is 17.0 Å². The molecule has 0 fully saturated rings. The van der Waals surface area contributed by atoms with Crippen LogP contribution in [0.15, 0.2) is 63.9 Å². The summed E-state index contributed by atoms with van der Waals surface area (Å²) in [5.41, 5.74) is 2.38. The number of nitrogens with one attached hydrogen (secondary N) is 1. The quantitative estimate of drug-likeness (QED) is 0.250. The minimum absolute atomic E-state index is 0.00732. The highest BCUT2D eigenvalue weighted by Gasteiger charge is 2.17. The molecule has 0 atom stereocenters. The van der Waals surface area contributed by atoms with E-state index in [1.54, 1.807) is 42.6 Å². The third-order valence-electron chi connectivity index (χ3n) is 4.73. The van der Waals surface area contributed by atoms with Gasteiger partial charge >= 0.3 is 0 Å². The molecule has 0 unspecified atom stereocenters. The van der Waals surface area contributed by atoms with Crippen molar-refractivity contribution in [3.05, 3.63) is 81.2 Å². The summed E-state index contributed by atoms with van der Waals surface area (Å²) in [7, 11) is 0. The number of thiophene rings is 1. The lowest BCUT2D eigenvalue weighted by Gasteiger charge is -2.14. The average molecular weight is 468 g/mol. The van der Waals surface area contributed by atoms with Crippen molar-refractivity contribution in [2.24, 2.45) is 0 Å². The van der Waals surface area contributed by atoms with Crippen LogP contribution in [0, 0.1) is 12.7 Å². The topological polar surface area (TPSA) is 81.1 Å². The summed E-state index contributed by atoms with van der Waals surface area (Å²) in [4.78, 5) is 41.8. The molecule has 0 radical (unpaired) electrons. The molecule has 32 heavy (non-hydrogen) atoms. The molecule has 0 aliphatic rings. The van der Waals surface area contributed by atoms with Gasteiger partial charge < -0.3 is 5.32 Å². The van der Waals surface area contributed by atoms with Gasteiger partial charge in [0.25, 0.3) is 5.56 Å². The lowest BCUT2D eigenvalue weighted by molar-refractivity contribution is -0.113. The maximum Gasteiger partial charge on any atom is 0.276 e. The van der Waals surface area contributed by atoms with Crippen LogP contribution in [-0.2, 0) is 4.79 Å². The van der Waals surface area contributed by atoms with Crippen LogP contribution in [0.3, 0.4) is 0 Å². The molecule has 4 rings (SSSR count). The number of Topliss-reactive ketones (excluding diaryl/α,β-unsaturated/α-hetero) is 1. The predicted molar refractivity (Wildman–Crippen MR) is 126 cm³/mol. The summed E-state index contributed by atoms with van der Waals surface area (Å²) in [5, 5.41) is 4.88. The van der Waals surface area contributed by atoms with E-state index in [4.69, 9.17) is 0 Å². The molecule has 0 saturated carbocycles. The van der Waals surface area contributed by atoms with Crippen LogP contribution in [0.5, 0.6) is 0 Å². The van der Waals surface area contributed by atoms with Crippen LogP contribution >= 0.6 is 23.1 Å². The number of carbonyl (C=O) groups excluding carboxylic acids is 2. The number of amides is 1. The fourth-order valence-electron chi connectivity index (χ4n) is 3.21. The minimum Gasteiger partial charge on any atom is -0.325 e. The third-order valence-corrected chi connectivity index (χ3v) is 6.56. The number of aryl methyl sites for hydroxylation is 1. The van der Waals surface area contributed by atoms with Crippen molar-refractivity contribution in [1.82, 2.24) is 9.55 Å². The number of hydrogen-bond donors (Lipinski definition) is 1. The van der Waals surface area contributed by atoms with E-state index in [-0.39, 0.29) is 23.0 Å². The Morgan fingerprint density at radius 1 is 1.19 bits per heavy atom. The molecular weight excluding hydrogens is 449 g/mol. The summed E-state index contributed by atoms with van der Waals surface area (Å²) in [5.74, 6) is -0.807. The maximum absolute atomic E-state index is 13.6. The molecule has 162 valence electrons. The van der Waals surface area contributed by atoms with Crippen molar-refractivity contribution in [1.29, 1.82) is 0 Å². The molecule has 2 aromatic carbocycles. The van der Waals surface area contributed by atoms with Crippen LogP contribution < -0.4 is 10.9 Å². The highest BCUT2D eigenvalue weighted by Crippen LogP contribution is 2.25. The molecule has 6 nitrogen and oxygen atoms in total. The second-order valence-electron chi connectivity index (χ2n) is 7.07. The first-order valence-corrected chi connectivity index (χ1v) is 11.5. The molecule has 0 saturated heterocycles. The van der Waals surface area contributed by atoms with Crippen molar-refractivity contribution < 1.29 is 14.0 Å². The van der Waals surface area contributed by atoms with Crippen LogP contribution in [0.1, 0.15) is 22.8 Å². The molecule has 0 bridgehead atoms. The van der Waals surface area contributed by atoms with Crippen molar-refractivity contribution in [2.45, 2.75) is 19.0 Å². The van der Waals surface area contributed by atoms with Gasteiger partial charge in [-0.1, -0.05) is 23.9 Å². The third kappa shape index (κ3) is 4.49. The van der Waals surface area contributed by atoms with E-state index in [1.165, 1.54) is 41.0 Å². The number of aromatic nitrogens is 2. The first kappa shape index (κ1) is 21.9. The Kier molecular flexibility index (Phi) is 6.20. The molecule has 0 aliphatic heterocycles. The molecular formula is C23H18FN3O3S2. The normalized spacial score (nSPS) is 11.0. The largest absolute Gasteiger partial charge is 0.325 e. The zero-order valence-electron chi connectivity index (χ0n) is 17.2. The number of rotatable bonds is 6. The van der Waals surface area contributed by atoms with Crippen LogP contribution in [-0.4, -0.2) is 27.0 Å². The number of anilines is 1. The van der Waals surface area contributed by atoms with E-state index in [1.807, 2.05) is 0 Å². The van der Waals surface area contributed by atoms with Gasteiger partial charge in [0.15, 0.2) is 10.9 Å². The van der Waals surface area contributed by atoms with Gasteiger partial charge in [0.2, 0.25) is 5.91 Å². The summed E-state index contributed by atoms with van der Waals surface area (Å²) < 4.78 is 15.5. The molecule has 0 spiro atoms. The lowest BCUT2D eigenvalue weighted by Crippen LogP contribution is -2.23. The summed E-state index contributed by atoms with van der Waals surface area (Å²) >= 11 is 2.39.